The maximum Gasteiger partial charge on any atom is 0.355 e. The Hall–Kier alpha value is -4.62. The van der Waals surface area contributed by atoms with Crippen LogP contribution in [0.15, 0.2) is 60.8 Å². The number of carbonyl (C=O) groups is 2. The summed E-state index contributed by atoms with van der Waals surface area (Å²) in [5, 5.41) is 18.7. The van der Waals surface area contributed by atoms with Crippen LogP contribution < -0.4 is 10.2 Å². The molecule has 1 aliphatic heterocycles. The highest BCUT2D eigenvalue weighted by Crippen LogP contribution is 2.58. The molecule has 2 fully saturated rings. The summed E-state index contributed by atoms with van der Waals surface area (Å²) in [5.74, 6) is -0.297. The molecular formula is C40H44N6O5S2. The van der Waals surface area contributed by atoms with Gasteiger partial charge in [0.2, 0.25) is 0 Å². The van der Waals surface area contributed by atoms with Crippen LogP contribution in [0.2, 0.25) is 0 Å². The standard InChI is InChI=1S/C40H44N6O5S2/c1-24-16-39(17-25(2)19-40(18-24,22-39)53(4,50)51)23-46-26(3)30(20-41-46)28-12-13-34(43-35(28)37(48)49)45-15-14-27-8-7-9-29(31(27)21-45)36(47)44-38-42-32-10-5-6-11-33(32)52-38/h5-13,20,24-25H,14-19,21-23H2,1-4H3,(H,48,49)(H,42,44,47). The van der Waals surface area contributed by atoms with E-state index in [1.165, 1.54) is 17.6 Å². The third-order valence-corrected chi connectivity index (χ3v) is 14.8. The van der Waals surface area contributed by atoms with E-state index in [0.717, 1.165) is 39.9 Å². The molecule has 8 rings (SSSR count). The Balaban J connectivity index is 1.05. The van der Waals surface area contributed by atoms with Crippen molar-refractivity contribution in [2.75, 3.05) is 23.0 Å². The van der Waals surface area contributed by atoms with Crippen molar-refractivity contribution >= 4 is 54.2 Å². The lowest BCUT2D eigenvalue weighted by atomic mass is 9.56. The van der Waals surface area contributed by atoms with Crippen LogP contribution >= 0.6 is 11.3 Å². The number of nitrogens with zero attached hydrogens (tertiary/aromatic N) is 5. The number of hydrogen-bond donors (Lipinski definition) is 2. The van der Waals surface area contributed by atoms with Gasteiger partial charge in [0, 0.05) is 48.3 Å². The van der Waals surface area contributed by atoms with Gasteiger partial charge in [0.25, 0.3) is 5.91 Å². The van der Waals surface area contributed by atoms with Gasteiger partial charge in [-0.25, -0.2) is 23.2 Å². The molecule has 53 heavy (non-hydrogen) atoms. The molecule has 2 unspecified atom stereocenters. The number of amides is 1. The van der Waals surface area contributed by atoms with E-state index in [1.54, 1.807) is 12.3 Å². The lowest BCUT2D eigenvalue weighted by Crippen LogP contribution is -2.55. The first kappa shape index (κ1) is 35.4. The summed E-state index contributed by atoms with van der Waals surface area (Å²) in [6.07, 6.45) is 7.68. The Bertz CT molecular complexity index is 2340. The normalized spacial score (nSPS) is 24.2. The van der Waals surface area contributed by atoms with E-state index >= 15 is 0 Å². The van der Waals surface area contributed by atoms with E-state index in [-0.39, 0.29) is 28.9 Å². The molecule has 3 aliphatic rings. The number of carboxylic acids is 1. The summed E-state index contributed by atoms with van der Waals surface area (Å²) in [7, 11) is -3.26. The molecule has 2 saturated carbocycles. The smallest absolute Gasteiger partial charge is 0.355 e. The number of carbonyl (C=O) groups excluding carboxylic acids is 1. The predicted octanol–water partition coefficient (Wildman–Crippen LogP) is 7.40. The van der Waals surface area contributed by atoms with Gasteiger partial charge >= 0.3 is 5.97 Å². The summed E-state index contributed by atoms with van der Waals surface area (Å²) >= 11 is 1.43. The number of hydrogen-bond acceptors (Lipinski definition) is 9. The first-order valence-corrected chi connectivity index (χ1v) is 20.9. The van der Waals surface area contributed by atoms with Crippen LogP contribution in [0.3, 0.4) is 0 Å². The van der Waals surface area contributed by atoms with E-state index in [1.807, 2.05) is 65.0 Å². The van der Waals surface area contributed by atoms with E-state index in [2.05, 4.69) is 24.1 Å². The fraction of sp³-hybridized carbons (Fsp3) is 0.425. The minimum atomic E-state index is -3.26. The van der Waals surface area contributed by atoms with Crippen molar-refractivity contribution in [1.82, 2.24) is 19.7 Å². The summed E-state index contributed by atoms with van der Waals surface area (Å²) < 4.78 is 28.6. The molecule has 0 spiro atoms. The molecule has 2 aromatic carbocycles. The minimum Gasteiger partial charge on any atom is -0.476 e. The number of benzene rings is 2. The Morgan fingerprint density at radius 3 is 2.45 bits per heavy atom. The maximum absolute atomic E-state index is 13.6. The van der Waals surface area contributed by atoms with Crippen LogP contribution in [0.4, 0.5) is 10.9 Å². The second-order valence-electron chi connectivity index (χ2n) is 15.9. The first-order chi connectivity index (χ1) is 25.2. The highest BCUT2D eigenvalue weighted by molar-refractivity contribution is 7.92. The van der Waals surface area contributed by atoms with Gasteiger partial charge in [-0.2, -0.15) is 5.10 Å². The van der Waals surface area contributed by atoms with Gasteiger partial charge in [-0.05, 0) is 104 Å². The largest absolute Gasteiger partial charge is 0.476 e. The van der Waals surface area contributed by atoms with Crippen molar-refractivity contribution in [1.29, 1.82) is 0 Å². The number of aromatic nitrogens is 4. The van der Waals surface area contributed by atoms with Crippen molar-refractivity contribution in [3.8, 4) is 11.1 Å². The Morgan fingerprint density at radius 1 is 0.981 bits per heavy atom. The number of thiazole rings is 1. The SMILES string of the molecule is Cc1c(-c2ccc(N3CCc4cccc(C(=O)Nc5nc6ccccc6s5)c4C3)nc2C(=O)O)cnn1CC12CC(C)CC(S(C)(=O)=O)(CC(C)C1)C2. The Labute approximate surface area is 313 Å². The number of fused-ring (bicyclic) bond motifs is 4. The van der Waals surface area contributed by atoms with Crippen LogP contribution in [0, 0.1) is 24.2 Å². The van der Waals surface area contributed by atoms with Crippen LogP contribution in [-0.2, 0) is 29.3 Å². The first-order valence-electron chi connectivity index (χ1n) is 18.2. The summed E-state index contributed by atoms with van der Waals surface area (Å²) in [4.78, 5) is 37.6. The van der Waals surface area contributed by atoms with Gasteiger partial charge < -0.3 is 10.0 Å². The van der Waals surface area contributed by atoms with Gasteiger partial charge in [-0.1, -0.05) is 49.4 Å². The average Bonchev–Trinajstić information content (AvgIpc) is 3.67. The molecular weight excluding hydrogens is 709 g/mol. The molecule has 2 aliphatic carbocycles. The van der Waals surface area contributed by atoms with E-state index in [0.29, 0.717) is 73.0 Å². The zero-order valence-corrected chi connectivity index (χ0v) is 32.1. The molecule has 2 bridgehead atoms. The molecule has 1 amide bonds. The average molecular weight is 753 g/mol. The third-order valence-electron chi connectivity index (χ3n) is 11.8. The lowest BCUT2D eigenvalue weighted by molar-refractivity contribution is 0.0140. The molecule has 3 aromatic heterocycles. The molecule has 2 N–H and O–H groups in total. The Kier molecular flexibility index (Phi) is 8.72. The fourth-order valence-corrected chi connectivity index (χ4v) is 12.5. The molecule has 5 aromatic rings. The Morgan fingerprint density at radius 2 is 1.74 bits per heavy atom. The number of sulfone groups is 1. The van der Waals surface area contributed by atoms with Gasteiger partial charge in [-0.3, -0.25) is 14.8 Å². The number of carboxylic acid groups (broad SMARTS) is 1. The lowest BCUT2D eigenvalue weighted by Gasteiger charge is -2.55. The van der Waals surface area contributed by atoms with E-state index in [9.17, 15) is 23.1 Å². The number of anilines is 2. The van der Waals surface area contributed by atoms with Crippen molar-refractivity contribution in [3.63, 3.8) is 0 Å². The zero-order chi connectivity index (χ0) is 37.3. The monoisotopic (exact) mass is 752 g/mol. The van der Waals surface area contributed by atoms with Crippen molar-refractivity contribution in [2.45, 2.75) is 77.1 Å². The second-order valence-corrected chi connectivity index (χ2v) is 19.3. The van der Waals surface area contributed by atoms with E-state index < -0.39 is 20.6 Å². The molecule has 11 nitrogen and oxygen atoms in total. The third kappa shape index (κ3) is 6.41. The minimum absolute atomic E-state index is 0.0651. The second kappa shape index (κ2) is 13.0. The summed E-state index contributed by atoms with van der Waals surface area (Å²) in [6, 6.07) is 17.1. The molecule has 2 atom stereocenters. The molecule has 276 valence electrons. The van der Waals surface area contributed by atoms with E-state index in [4.69, 9.17) is 10.1 Å². The van der Waals surface area contributed by atoms with Gasteiger partial charge in [0.15, 0.2) is 20.7 Å². The summed E-state index contributed by atoms with van der Waals surface area (Å²) in [5.41, 5.74) is 5.07. The van der Waals surface area contributed by atoms with Crippen LogP contribution in [0.25, 0.3) is 21.3 Å². The zero-order valence-electron chi connectivity index (χ0n) is 30.4. The summed E-state index contributed by atoms with van der Waals surface area (Å²) in [6.45, 7) is 7.88. The van der Waals surface area contributed by atoms with Crippen molar-refractivity contribution < 1.29 is 23.1 Å². The van der Waals surface area contributed by atoms with Gasteiger partial charge in [0.1, 0.15) is 5.82 Å². The van der Waals surface area contributed by atoms with Crippen LogP contribution in [0.1, 0.15) is 83.6 Å². The molecule has 0 radical (unpaired) electrons. The number of para-hydroxylation sites is 1. The van der Waals surface area contributed by atoms with Gasteiger partial charge in [-0.15, -0.1) is 0 Å². The van der Waals surface area contributed by atoms with Crippen LogP contribution in [0.5, 0.6) is 0 Å². The highest BCUT2D eigenvalue weighted by atomic mass is 32.2. The quantitative estimate of drug-likeness (QED) is 0.166. The number of aromatic carboxylic acids is 1. The molecule has 0 saturated heterocycles. The molecule has 4 heterocycles. The number of pyridine rings is 1. The van der Waals surface area contributed by atoms with Crippen LogP contribution in [-0.4, -0.2) is 62.7 Å². The van der Waals surface area contributed by atoms with Crippen molar-refractivity contribution in [3.05, 3.63) is 88.9 Å². The predicted molar refractivity (Wildman–Crippen MR) is 207 cm³/mol. The fourth-order valence-electron chi connectivity index (χ4n) is 9.92. The van der Waals surface area contributed by atoms with Crippen molar-refractivity contribution in [2.24, 2.45) is 17.3 Å². The maximum atomic E-state index is 13.6. The van der Waals surface area contributed by atoms with Gasteiger partial charge in [0.05, 0.1) is 21.2 Å². The molecule has 13 heteroatoms. The highest BCUT2D eigenvalue weighted by Gasteiger charge is 2.57. The number of rotatable bonds is 8. The topological polar surface area (TPSA) is 147 Å². The number of nitrogens with one attached hydrogen (secondary N) is 1.